The van der Waals surface area contributed by atoms with Crippen LogP contribution in [0.3, 0.4) is 0 Å². The molecule has 1 aromatic heterocycles. The van der Waals surface area contributed by atoms with Crippen LogP contribution in [0.4, 0.5) is 17.3 Å². The van der Waals surface area contributed by atoms with Crippen molar-refractivity contribution >= 4 is 17.3 Å². The topological polar surface area (TPSA) is 67.4 Å². The van der Waals surface area contributed by atoms with E-state index in [1.807, 2.05) is 60.0 Å². The fourth-order valence-corrected chi connectivity index (χ4v) is 4.78. The van der Waals surface area contributed by atoms with Gasteiger partial charge in [0.15, 0.2) is 0 Å². The van der Waals surface area contributed by atoms with Crippen molar-refractivity contribution in [3.8, 4) is 11.1 Å². The van der Waals surface area contributed by atoms with E-state index in [1.165, 1.54) is 16.8 Å². The van der Waals surface area contributed by atoms with Crippen molar-refractivity contribution in [1.82, 2.24) is 9.55 Å². The molecule has 1 aliphatic rings. The Labute approximate surface area is 205 Å². The van der Waals surface area contributed by atoms with Crippen molar-refractivity contribution in [2.45, 2.75) is 19.9 Å². The molecule has 5 rings (SSSR count). The van der Waals surface area contributed by atoms with Crippen molar-refractivity contribution in [3.05, 3.63) is 106 Å². The lowest BCUT2D eigenvalue weighted by Crippen LogP contribution is -2.47. The lowest BCUT2D eigenvalue weighted by atomic mass is 10.1. The molecule has 0 spiro atoms. The summed E-state index contributed by atoms with van der Waals surface area (Å²) in [5.41, 5.74) is 4.67. The molecule has 1 saturated heterocycles. The highest BCUT2D eigenvalue weighted by molar-refractivity contribution is 5.66. The Morgan fingerprint density at radius 1 is 0.800 bits per heavy atom. The molecule has 1 fully saturated rings. The number of aromatic nitrogens is 2. The number of nitrogens with zero attached hydrogens (tertiary/aromatic N) is 5. The van der Waals surface area contributed by atoms with Crippen LogP contribution in [0.2, 0.25) is 0 Å². The van der Waals surface area contributed by atoms with Crippen molar-refractivity contribution in [1.29, 1.82) is 0 Å². The molecule has 0 saturated carbocycles. The quantitative estimate of drug-likeness (QED) is 0.269. The summed E-state index contributed by atoms with van der Waals surface area (Å²) in [6.07, 6.45) is 0.640. The first-order valence-electron chi connectivity index (χ1n) is 12.1. The summed E-state index contributed by atoms with van der Waals surface area (Å²) >= 11 is 0. The number of hydrogen-bond donors (Lipinski definition) is 0. The third-order valence-electron chi connectivity index (χ3n) is 6.59. The number of anilines is 2. The fraction of sp³-hybridized carbons (Fsp3) is 0.250. The molecule has 3 aromatic carbocycles. The van der Waals surface area contributed by atoms with E-state index in [0.717, 1.165) is 24.5 Å². The summed E-state index contributed by atoms with van der Waals surface area (Å²) in [4.78, 5) is 20.5. The second-order valence-electron chi connectivity index (χ2n) is 8.74. The lowest BCUT2D eigenvalue weighted by molar-refractivity contribution is -0.388. The first-order chi connectivity index (χ1) is 17.1. The smallest absolute Gasteiger partial charge is 0.368 e. The van der Waals surface area contributed by atoms with E-state index in [-0.39, 0.29) is 10.7 Å². The molecule has 0 unspecified atom stereocenters. The predicted octanol–water partition coefficient (Wildman–Crippen LogP) is 5.40. The molecule has 0 N–H and O–H groups in total. The highest BCUT2D eigenvalue weighted by Crippen LogP contribution is 2.32. The third-order valence-corrected chi connectivity index (χ3v) is 6.59. The Balaban J connectivity index is 1.36. The average molecular weight is 468 g/mol. The van der Waals surface area contributed by atoms with Crippen molar-refractivity contribution in [2.24, 2.45) is 0 Å². The Hall–Kier alpha value is -4.13. The molecule has 2 heterocycles. The highest BCUT2D eigenvalue weighted by atomic mass is 16.6. The molecule has 0 aliphatic carbocycles. The normalized spacial score (nSPS) is 13.7. The Bertz CT molecular complexity index is 1280. The second-order valence-corrected chi connectivity index (χ2v) is 8.74. The standard InChI is InChI=1S/C28H29N5O2/c1-2-26-29-27(33(34)35)28(32(26)21-22-9-5-3-6-10-22)31-19-17-30(18-20-31)25-15-13-24(14-16-25)23-11-7-4-8-12-23/h3-16H,2,17-21H2,1H3. The van der Waals surface area contributed by atoms with Crippen molar-refractivity contribution in [2.75, 3.05) is 36.0 Å². The number of hydrogen-bond acceptors (Lipinski definition) is 5. The van der Waals surface area contributed by atoms with Gasteiger partial charge >= 0.3 is 5.82 Å². The van der Waals surface area contributed by atoms with Crippen LogP contribution in [0.1, 0.15) is 18.3 Å². The molecule has 178 valence electrons. The van der Waals surface area contributed by atoms with Gasteiger partial charge in [-0.1, -0.05) is 79.7 Å². The number of imidazole rings is 1. The first kappa shape index (κ1) is 22.7. The van der Waals surface area contributed by atoms with Gasteiger partial charge < -0.3 is 19.9 Å². The Morgan fingerprint density at radius 3 is 1.97 bits per heavy atom. The highest BCUT2D eigenvalue weighted by Gasteiger charge is 2.32. The molecule has 0 radical (unpaired) electrons. The van der Waals surface area contributed by atoms with Gasteiger partial charge in [0.25, 0.3) is 0 Å². The monoisotopic (exact) mass is 467 g/mol. The minimum Gasteiger partial charge on any atom is -0.368 e. The van der Waals surface area contributed by atoms with Gasteiger partial charge in [-0.25, -0.2) is 0 Å². The van der Waals surface area contributed by atoms with Gasteiger partial charge in [0.05, 0.1) is 6.54 Å². The fourth-order valence-electron chi connectivity index (χ4n) is 4.78. The summed E-state index contributed by atoms with van der Waals surface area (Å²) in [5, 5.41) is 11.9. The zero-order chi connectivity index (χ0) is 24.2. The zero-order valence-corrected chi connectivity index (χ0v) is 19.9. The summed E-state index contributed by atoms with van der Waals surface area (Å²) in [7, 11) is 0. The van der Waals surface area contributed by atoms with Crippen molar-refractivity contribution in [3.63, 3.8) is 0 Å². The number of nitro groups is 1. The maximum absolute atomic E-state index is 11.9. The van der Waals surface area contributed by atoms with E-state index in [2.05, 4.69) is 51.2 Å². The Morgan fingerprint density at radius 2 is 1.37 bits per heavy atom. The van der Waals surface area contributed by atoms with Gasteiger partial charge in [0.2, 0.25) is 11.6 Å². The van der Waals surface area contributed by atoms with Gasteiger partial charge in [-0.3, -0.25) is 4.57 Å². The van der Waals surface area contributed by atoms with Crippen LogP contribution in [0.25, 0.3) is 11.1 Å². The number of piperazine rings is 1. The number of benzene rings is 3. The molecular weight excluding hydrogens is 438 g/mol. The summed E-state index contributed by atoms with van der Waals surface area (Å²) < 4.78 is 2.03. The Kier molecular flexibility index (Phi) is 6.48. The third kappa shape index (κ3) is 4.75. The molecule has 35 heavy (non-hydrogen) atoms. The first-order valence-corrected chi connectivity index (χ1v) is 12.1. The van der Waals surface area contributed by atoms with Crippen LogP contribution in [0.15, 0.2) is 84.9 Å². The van der Waals surface area contributed by atoms with Crippen LogP contribution in [-0.4, -0.2) is 40.7 Å². The van der Waals surface area contributed by atoms with E-state index < -0.39 is 0 Å². The van der Waals surface area contributed by atoms with Gasteiger partial charge in [0.1, 0.15) is 0 Å². The lowest BCUT2D eigenvalue weighted by Gasteiger charge is -2.37. The van der Waals surface area contributed by atoms with E-state index in [4.69, 9.17) is 0 Å². The average Bonchev–Trinajstić information content (AvgIpc) is 3.28. The molecular formula is C28H29N5O2. The molecule has 0 bridgehead atoms. The van der Waals surface area contributed by atoms with Gasteiger partial charge in [0, 0.05) is 38.3 Å². The second kappa shape index (κ2) is 10.0. The predicted molar refractivity (Wildman–Crippen MR) is 140 cm³/mol. The SMILES string of the molecule is CCc1nc([N+](=O)[O-])c(N2CCN(c3ccc(-c4ccccc4)cc3)CC2)n1Cc1ccccc1. The number of aryl methyl sites for hydroxylation is 1. The van der Waals surface area contributed by atoms with Crippen molar-refractivity contribution < 1.29 is 4.92 Å². The zero-order valence-electron chi connectivity index (χ0n) is 19.9. The van der Waals surface area contributed by atoms with Gasteiger partial charge in [-0.15, -0.1) is 0 Å². The molecule has 0 atom stereocenters. The molecule has 4 aromatic rings. The molecule has 1 aliphatic heterocycles. The maximum Gasteiger partial charge on any atom is 0.406 e. The minimum atomic E-state index is -0.343. The van der Waals surface area contributed by atoms with E-state index >= 15 is 0 Å². The summed E-state index contributed by atoms with van der Waals surface area (Å²) in [6.45, 7) is 5.55. The minimum absolute atomic E-state index is 0.0431. The van der Waals surface area contributed by atoms with Gasteiger partial charge in [-0.2, -0.15) is 0 Å². The summed E-state index contributed by atoms with van der Waals surface area (Å²) in [5.74, 6) is 1.32. The number of rotatable bonds is 7. The van der Waals surface area contributed by atoms with Crippen LogP contribution < -0.4 is 9.80 Å². The van der Waals surface area contributed by atoms with E-state index in [9.17, 15) is 10.1 Å². The molecule has 0 amide bonds. The van der Waals surface area contributed by atoms with E-state index in [1.54, 1.807) is 0 Å². The van der Waals surface area contributed by atoms with Crippen LogP contribution in [0.5, 0.6) is 0 Å². The molecule has 7 nitrogen and oxygen atoms in total. The van der Waals surface area contributed by atoms with Gasteiger partial charge in [-0.05, 0) is 38.7 Å². The van der Waals surface area contributed by atoms with Crippen LogP contribution in [0, 0.1) is 10.1 Å². The summed E-state index contributed by atoms with van der Waals surface area (Å²) in [6, 6.07) is 29.1. The molecule has 7 heteroatoms. The largest absolute Gasteiger partial charge is 0.406 e. The van der Waals surface area contributed by atoms with Crippen LogP contribution >= 0.6 is 0 Å². The van der Waals surface area contributed by atoms with Crippen LogP contribution in [-0.2, 0) is 13.0 Å². The maximum atomic E-state index is 11.9. The van der Waals surface area contributed by atoms with E-state index in [0.29, 0.717) is 31.9 Å².